The topological polar surface area (TPSA) is 41.6 Å². The summed E-state index contributed by atoms with van der Waals surface area (Å²) in [5.74, 6) is 0. The third-order valence-electron chi connectivity index (χ3n) is 2.16. The maximum Gasteiger partial charge on any atom is 0.0828 e. The number of hydrogen-bond donors (Lipinski definition) is 1. The van der Waals surface area contributed by atoms with E-state index in [0.29, 0.717) is 0 Å². The molecule has 0 aliphatic carbocycles. The van der Waals surface area contributed by atoms with Gasteiger partial charge < -0.3 is 0 Å². The highest BCUT2D eigenvalue weighted by Crippen LogP contribution is 2.18. The molecule has 1 N–H and O–H groups in total. The summed E-state index contributed by atoms with van der Waals surface area (Å²) in [6.07, 6.45) is 4.96. The molecule has 0 saturated heterocycles. The van der Waals surface area contributed by atoms with Crippen LogP contribution in [0, 0.1) is 0 Å². The molecule has 74 valence electrons. The summed E-state index contributed by atoms with van der Waals surface area (Å²) in [6.45, 7) is 2.19. The minimum Gasteiger partial charge on any atom is -0.198 e. The first kappa shape index (κ1) is 9.40. The summed E-state index contributed by atoms with van der Waals surface area (Å²) in [6, 6.07) is 4.42. The van der Waals surface area contributed by atoms with Crippen molar-refractivity contribution in [1.29, 1.82) is 0 Å². The molecule has 2 rings (SSSR count). The van der Waals surface area contributed by atoms with E-state index in [-0.39, 0.29) is 0 Å². The Bertz CT molecular complexity index is 378. The fraction of sp³-hybridized carbons (Fsp3) is 0.400. The smallest absolute Gasteiger partial charge is 0.0828 e. The van der Waals surface area contributed by atoms with E-state index in [1.54, 1.807) is 6.20 Å². The van der Waals surface area contributed by atoms with Gasteiger partial charge in [0, 0.05) is 9.75 Å². The van der Waals surface area contributed by atoms with Crippen LogP contribution in [0.15, 0.2) is 18.3 Å². The van der Waals surface area contributed by atoms with Crippen LogP contribution in [0.4, 0.5) is 0 Å². The zero-order valence-electron chi connectivity index (χ0n) is 8.16. The Morgan fingerprint density at radius 3 is 2.79 bits per heavy atom. The highest BCUT2D eigenvalue weighted by atomic mass is 32.1. The molecule has 0 saturated carbocycles. The number of rotatable bonds is 4. The van der Waals surface area contributed by atoms with E-state index in [1.165, 1.54) is 9.75 Å². The maximum atomic E-state index is 4.03. The van der Waals surface area contributed by atoms with Crippen molar-refractivity contribution in [2.75, 3.05) is 0 Å². The summed E-state index contributed by atoms with van der Waals surface area (Å²) >= 11 is 1.90. The minimum absolute atomic E-state index is 0.972. The number of nitrogens with one attached hydrogen (secondary N) is 1. The largest absolute Gasteiger partial charge is 0.198 e. The first-order valence-corrected chi connectivity index (χ1v) is 5.62. The number of aryl methyl sites for hydroxylation is 3. The van der Waals surface area contributed by atoms with E-state index in [2.05, 4.69) is 34.5 Å². The van der Waals surface area contributed by atoms with Gasteiger partial charge in [0.1, 0.15) is 0 Å². The second kappa shape index (κ2) is 4.37. The van der Waals surface area contributed by atoms with E-state index >= 15 is 0 Å². The minimum atomic E-state index is 0.972. The van der Waals surface area contributed by atoms with Gasteiger partial charge in [-0.1, -0.05) is 6.92 Å². The number of H-pyrrole nitrogens is 1. The Morgan fingerprint density at radius 2 is 2.14 bits per heavy atom. The Hall–Kier alpha value is -1.16. The highest BCUT2D eigenvalue weighted by molar-refractivity contribution is 7.11. The van der Waals surface area contributed by atoms with Gasteiger partial charge in [-0.05, 0) is 31.4 Å². The molecule has 0 spiro atoms. The van der Waals surface area contributed by atoms with Crippen LogP contribution in [0.5, 0.6) is 0 Å². The third-order valence-corrected chi connectivity index (χ3v) is 3.45. The average Bonchev–Trinajstić information content (AvgIpc) is 2.86. The molecule has 2 heterocycles. The molecule has 0 bridgehead atoms. The summed E-state index contributed by atoms with van der Waals surface area (Å²) in [7, 11) is 0. The average molecular weight is 207 g/mol. The third kappa shape index (κ3) is 2.20. The van der Waals surface area contributed by atoms with Crippen LogP contribution in [-0.2, 0) is 19.3 Å². The molecule has 0 unspecified atom stereocenters. The number of aromatic nitrogens is 3. The van der Waals surface area contributed by atoms with Crippen LogP contribution in [0.2, 0.25) is 0 Å². The lowest BCUT2D eigenvalue weighted by Crippen LogP contribution is -1.88. The van der Waals surface area contributed by atoms with Crippen molar-refractivity contribution in [3.8, 4) is 0 Å². The first-order valence-electron chi connectivity index (χ1n) is 4.80. The molecule has 0 radical (unpaired) electrons. The number of thiophene rings is 1. The lowest BCUT2D eigenvalue weighted by Gasteiger charge is -1.92. The molecule has 14 heavy (non-hydrogen) atoms. The fourth-order valence-corrected chi connectivity index (χ4v) is 2.30. The predicted octanol–water partition coefficient (Wildman–Crippen LogP) is 2.21. The van der Waals surface area contributed by atoms with Crippen LogP contribution >= 0.6 is 11.3 Å². The van der Waals surface area contributed by atoms with Crippen molar-refractivity contribution in [3.63, 3.8) is 0 Å². The molecule has 2 aromatic rings. The Kier molecular flexibility index (Phi) is 2.93. The number of nitrogens with zero attached hydrogens (tertiary/aromatic N) is 2. The molecule has 0 fully saturated rings. The zero-order chi connectivity index (χ0) is 9.80. The maximum absolute atomic E-state index is 4.03. The Morgan fingerprint density at radius 1 is 1.29 bits per heavy atom. The van der Waals surface area contributed by atoms with Crippen LogP contribution in [0.1, 0.15) is 22.4 Å². The summed E-state index contributed by atoms with van der Waals surface area (Å²) < 4.78 is 0. The molecular formula is C10H13N3S. The van der Waals surface area contributed by atoms with Crippen molar-refractivity contribution in [2.45, 2.75) is 26.2 Å². The molecule has 0 aliphatic rings. The number of hydrogen-bond acceptors (Lipinski definition) is 3. The molecule has 0 aromatic carbocycles. The van der Waals surface area contributed by atoms with Gasteiger partial charge in [0.25, 0.3) is 0 Å². The Labute approximate surface area is 87.2 Å². The SMILES string of the molecule is CCc1ccc(CCc2cn[nH]n2)s1. The van der Waals surface area contributed by atoms with Crippen LogP contribution in [0.3, 0.4) is 0 Å². The first-order chi connectivity index (χ1) is 6.88. The van der Waals surface area contributed by atoms with Crippen molar-refractivity contribution >= 4 is 11.3 Å². The molecule has 2 aromatic heterocycles. The zero-order valence-corrected chi connectivity index (χ0v) is 8.97. The van der Waals surface area contributed by atoms with Gasteiger partial charge in [-0.2, -0.15) is 15.4 Å². The van der Waals surface area contributed by atoms with Gasteiger partial charge in [0.05, 0.1) is 11.9 Å². The van der Waals surface area contributed by atoms with Gasteiger partial charge in [-0.3, -0.25) is 0 Å². The van der Waals surface area contributed by atoms with Gasteiger partial charge >= 0.3 is 0 Å². The standard InChI is InChI=1S/C10H13N3S/c1-2-9-5-6-10(14-9)4-3-8-7-11-13-12-8/h5-7H,2-4H2,1H3,(H,11,12,13). The lowest BCUT2D eigenvalue weighted by molar-refractivity contribution is 0.878. The molecule has 0 atom stereocenters. The fourth-order valence-electron chi connectivity index (χ4n) is 1.34. The van der Waals surface area contributed by atoms with Crippen LogP contribution in [0.25, 0.3) is 0 Å². The highest BCUT2D eigenvalue weighted by Gasteiger charge is 2.00. The van der Waals surface area contributed by atoms with Gasteiger partial charge in [-0.25, -0.2) is 0 Å². The summed E-state index contributed by atoms with van der Waals surface area (Å²) in [5, 5.41) is 10.4. The van der Waals surface area contributed by atoms with Crippen molar-refractivity contribution in [1.82, 2.24) is 15.4 Å². The molecule has 4 heteroatoms. The monoisotopic (exact) mass is 207 g/mol. The van der Waals surface area contributed by atoms with E-state index < -0.39 is 0 Å². The van der Waals surface area contributed by atoms with E-state index in [0.717, 1.165) is 25.0 Å². The number of aromatic amines is 1. The van der Waals surface area contributed by atoms with Gasteiger partial charge in [0.15, 0.2) is 0 Å². The second-order valence-electron chi connectivity index (χ2n) is 3.18. The normalized spacial score (nSPS) is 10.6. The van der Waals surface area contributed by atoms with Crippen LogP contribution in [-0.4, -0.2) is 15.4 Å². The molecule has 0 amide bonds. The Balaban J connectivity index is 1.92. The molecule has 3 nitrogen and oxygen atoms in total. The predicted molar refractivity (Wildman–Crippen MR) is 57.5 cm³/mol. The quantitative estimate of drug-likeness (QED) is 0.835. The van der Waals surface area contributed by atoms with Crippen LogP contribution < -0.4 is 0 Å². The van der Waals surface area contributed by atoms with Crippen molar-refractivity contribution < 1.29 is 0 Å². The van der Waals surface area contributed by atoms with E-state index in [4.69, 9.17) is 0 Å². The van der Waals surface area contributed by atoms with Crippen molar-refractivity contribution in [2.24, 2.45) is 0 Å². The molecular weight excluding hydrogens is 194 g/mol. The van der Waals surface area contributed by atoms with Crippen molar-refractivity contribution in [3.05, 3.63) is 33.8 Å². The van der Waals surface area contributed by atoms with Gasteiger partial charge in [0.2, 0.25) is 0 Å². The molecule has 0 aliphatic heterocycles. The van der Waals surface area contributed by atoms with E-state index in [9.17, 15) is 0 Å². The second-order valence-corrected chi connectivity index (χ2v) is 4.44. The van der Waals surface area contributed by atoms with Gasteiger partial charge in [-0.15, -0.1) is 11.3 Å². The van der Waals surface area contributed by atoms with E-state index in [1.807, 2.05) is 11.3 Å². The summed E-state index contributed by atoms with van der Waals surface area (Å²) in [4.78, 5) is 2.89. The lowest BCUT2D eigenvalue weighted by atomic mass is 10.2. The summed E-state index contributed by atoms with van der Waals surface area (Å²) in [5.41, 5.74) is 1.04.